The summed E-state index contributed by atoms with van der Waals surface area (Å²) in [6.45, 7) is 0. The monoisotopic (exact) mass is 243 g/mol. The van der Waals surface area contributed by atoms with Crippen molar-refractivity contribution in [1.29, 1.82) is 0 Å². The first-order chi connectivity index (χ1) is 8.70. The van der Waals surface area contributed by atoms with Crippen molar-refractivity contribution in [1.82, 2.24) is 19.9 Å². The van der Waals surface area contributed by atoms with Crippen molar-refractivity contribution >= 4 is 35.0 Å². The highest BCUT2D eigenvalue weighted by Gasteiger charge is 2.08. The van der Waals surface area contributed by atoms with Crippen molar-refractivity contribution < 1.29 is 4.42 Å². The normalized spacial score (nSPS) is 10.7. The Labute approximate surface area is 101 Å². The summed E-state index contributed by atoms with van der Waals surface area (Å²) >= 11 is 0. The molecular weight excluding hydrogens is 234 g/mol. The highest BCUT2D eigenvalue weighted by Crippen LogP contribution is 2.20. The molecule has 0 unspecified atom stereocenters. The molecular formula is C10H9N7O. The Balaban J connectivity index is 1.96. The lowest BCUT2D eigenvalue weighted by Crippen LogP contribution is -2.06. The first-order valence-electron chi connectivity index (χ1n) is 5.10. The Hall–Kier alpha value is -2.90. The molecule has 0 bridgehead atoms. The number of fused-ring (bicyclic) bond motifs is 1. The van der Waals surface area contributed by atoms with E-state index >= 15 is 0 Å². The van der Waals surface area contributed by atoms with Gasteiger partial charge >= 0.3 is 6.01 Å². The predicted molar refractivity (Wildman–Crippen MR) is 65.9 cm³/mol. The fourth-order valence-corrected chi connectivity index (χ4v) is 1.49. The van der Waals surface area contributed by atoms with Crippen LogP contribution in [0.5, 0.6) is 0 Å². The molecule has 0 spiro atoms. The van der Waals surface area contributed by atoms with E-state index in [2.05, 4.69) is 25.3 Å². The molecule has 0 amide bonds. The van der Waals surface area contributed by atoms with E-state index < -0.39 is 0 Å². The molecule has 2 heterocycles. The lowest BCUT2D eigenvalue weighted by atomic mass is 10.3. The molecule has 1 aromatic carbocycles. The second kappa shape index (κ2) is 3.84. The van der Waals surface area contributed by atoms with Gasteiger partial charge in [0, 0.05) is 0 Å². The van der Waals surface area contributed by atoms with Crippen LogP contribution in [0.1, 0.15) is 0 Å². The minimum Gasteiger partial charge on any atom is -0.423 e. The molecule has 18 heavy (non-hydrogen) atoms. The second-order valence-corrected chi connectivity index (χ2v) is 3.49. The van der Waals surface area contributed by atoms with Crippen LogP contribution in [0.15, 0.2) is 28.7 Å². The Kier molecular flexibility index (Phi) is 2.19. The highest BCUT2D eigenvalue weighted by atomic mass is 16.4. The zero-order valence-electron chi connectivity index (χ0n) is 9.16. The average Bonchev–Trinajstić information content (AvgIpc) is 2.69. The molecule has 0 aliphatic rings. The molecule has 2 aromatic heterocycles. The second-order valence-electron chi connectivity index (χ2n) is 3.49. The topological polar surface area (TPSA) is 129 Å². The van der Waals surface area contributed by atoms with Crippen molar-refractivity contribution in [2.45, 2.75) is 0 Å². The van der Waals surface area contributed by atoms with Gasteiger partial charge < -0.3 is 15.9 Å². The van der Waals surface area contributed by atoms with Gasteiger partial charge in [0.2, 0.25) is 17.8 Å². The first-order valence-corrected chi connectivity index (χ1v) is 5.10. The fourth-order valence-electron chi connectivity index (χ4n) is 1.49. The van der Waals surface area contributed by atoms with Gasteiger partial charge in [-0.25, -0.2) is 0 Å². The Morgan fingerprint density at radius 3 is 2.39 bits per heavy atom. The number of nitrogens with one attached hydrogen (secondary N) is 1. The molecule has 0 aliphatic heterocycles. The third-order valence-electron chi connectivity index (χ3n) is 2.18. The van der Waals surface area contributed by atoms with Crippen molar-refractivity contribution in [2.75, 3.05) is 16.8 Å². The van der Waals surface area contributed by atoms with Crippen LogP contribution in [0.25, 0.3) is 11.1 Å². The summed E-state index contributed by atoms with van der Waals surface area (Å²) in [6, 6.07) is 7.63. The zero-order valence-corrected chi connectivity index (χ0v) is 9.16. The number of nitrogens with zero attached hydrogens (tertiary/aromatic N) is 4. The van der Waals surface area contributed by atoms with Gasteiger partial charge in [-0.2, -0.15) is 19.9 Å². The van der Waals surface area contributed by atoms with E-state index in [1.54, 1.807) is 0 Å². The maximum atomic E-state index is 5.45. The number of rotatable bonds is 2. The highest BCUT2D eigenvalue weighted by molar-refractivity contribution is 5.74. The number of aromatic nitrogens is 4. The minimum atomic E-state index is 0.0288. The molecule has 90 valence electrons. The van der Waals surface area contributed by atoms with Crippen LogP contribution in [0.4, 0.5) is 23.9 Å². The van der Waals surface area contributed by atoms with Crippen molar-refractivity contribution in [3.05, 3.63) is 24.3 Å². The Bertz CT molecular complexity index is 655. The first kappa shape index (κ1) is 10.3. The molecule has 0 radical (unpaired) electrons. The maximum Gasteiger partial charge on any atom is 0.302 e. The van der Waals surface area contributed by atoms with Crippen LogP contribution < -0.4 is 16.8 Å². The van der Waals surface area contributed by atoms with Gasteiger partial charge in [-0.05, 0) is 12.1 Å². The SMILES string of the molecule is Nc1nc(N)nc(Nc2nc3ccccc3o2)n1. The number of para-hydroxylation sites is 2. The van der Waals surface area contributed by atoms with E-state index in [4.69, 9.17) is 15.9 Å². The molecule has 3 aromatic rings. The van der Waals surface area contributed by atoms with Crippen LogP contribution >= 0.6 is 0 Å². The van der Waals surface area contributed by atoms with Gasteiger partial charge in [-0.15, -0.1) is 0 Å². The molecule has 5 N–H and O–H groups in total. The van der Waals surface area contributed by atoms with Gasteiger partial charge in [-0.3, -0.25) is 5.32 Å². The van der Waals surface area contributed by atoms with Gasteiger partial charge in [0.15, 0.2) is 5.58 Å². The van der Waals surface area contributed by atoms with E-state index in [0.717, 1.165) is 5.52 Å². The zero-order chi connectivity index (χ0) is 12.5. The number of hydrogen-bond acceptors (Lipinski definition) is 8. The van der Waals surface area contributed by atoms with Gasteiger partial charge in [0.25, 0.3) is 0 Å². The standard InChI is InChI=1S/C10H9N7O/c11-7-14-8(12)16-9(15-7)17-10-13-5-3-1-2-4-6(5)18-10/h1-4H,(H5,11,12,13,14,15,16,17). The molecule has 0 atom stereocenters. The third-order valence-corrected chi connectivity index (χ3v) is 2.18. The molecule has 0 fully saturated rings. The maximum absolute atomic E-state index is 5.45. The number of nitrogen functional groups attached to an aromatic ring is 2. The molecule has 0 saturated carbocycles. The van der Waals surface area contributed by atoms with Crippen LogP contribution in [-0.2, 0) is 0 Å². The summed E-state index contributed by atoms with van der Waals surface area (Å²) < 4.78 is 5.45. The number of nitrogens with two attached hydrogens (primary N) is 2. The molecule has 0 saturated heterocycles. The van der Waals surface area contributed by atoms with Gasteiger partial charge in [0.05, 0.1) is 0 Å². The number of hydrogen-bond donors (Lipinski definition) is 3. The summed E-state index contributed by atoms with van der Waals surface area (Å²) in [7, 11) is 0. The molecule has 0 aliphatic carbocycles. The Morgan fingerprint density at radius 2 is 1.67 bits per heavy atom. The van der Waals surface area contributed by atoms with Gasteiger partial charge in [0.1, 0.15) is 5.52 Å². The summed E-state index contributed by atoms with van der Waals surface area (Å²) in [5, 5.41) is 2.78. The quantitative estimate of drug-likeness (QED) is 0.605. The summed E-state index contributed by atoms with van der Waals surface area (Å²) in [5.74, 6) is 0.244. The average molecular weight is 243 g/mol. The predicted octanol–water partition coefficient (Wildman–Crippen LogP) is 0.921. The van der Waals surface area contributed by atoms with Crippen LogP contribution in [-0.4, -0.2) is 19.9 Å². The Morgan fingerprint density at radius 1 is 0.944 bits per heavy atom. The largest absolute Gasteiger partial charge is 0.423 e. The molecule has 8 heteroatoms. The smallest absolute Gasteiger partial charge is 0.302 e. The summed E-state index contributed by atoms with van der Waals surface area (Å²) in [6.07, 6.45) is 0. The minimum absolute atomic E-state index is 0.0288. The summed E-state index contributed by atoms with van der Waals surface area (Å²) in [5.41, 5.74) is 12.3. The van der Waals surface area contributed by atoms with E-state index in [0.29, 0.717) is 5.58 Å². The number of oxazole rings is 1. The number of benzene rings is 1. The van der Waals surface area contributed by atoms with E-state index in [1.807, 2.05) is 24.3 Å². The summed E-state index contributed by atoms with van der Waals surface area (Å²) in [4.78, 5) is 15.6. The molecule has 3 rings (SSSR count). The van der Waals surface area contributed by atoms with Crippen LogP contribution in [0.3, 0.4) is 0 Å². The van der Waals surface area contributed by atoms with Gasteiger partial charge in [-0.1, -0.05) is 12.1 Å². The van der Waals surface area contributed by atoms with E-state index in [-0.39, 0.29) is 23.9 Å². The van der Waals surface area contributed by atoms with Crippen molar-refractivity contribution in [2.24, 2.45) is 0 Å². The third kappa shape index (κ3) is 1.86. The van der Waals surface area contributed by atoms with E-state index in [9.17, 15) is 0 Å². The van der Waals surface area contributed by atoms with E-state index in [1.165, 1.54) is 0 Å². The van der Waals surface area contributed by atoms with Crippen molar-refractivity contribution in [3.63, 3.8) is 0 Å². The number of anilines is 4. The van der Waals surface area contributed by atoms with Crippen molar-refractivity contribution in [3.8, 4) is 0 Å². The lowest BCUT2D eigenvalue weighted by molar-refractivity contribution is 0.621. The molecule has 8 nitrogen and oxygen atoms in total. The van der Waals surface area contributed by atoms with Crippen LogP contribution in [0, 0.1) is 0 Å². The van der Waals surface area contributed by atoms with Crippen LogP contribution in [0.2, 0.25) is 0 Å². The fraction of sp³-hybridized carbons (Fsp3) is 0. The lowest BCUT2D eigenvalue weighted by Gasteiger charge is -2.00.